The Bertz CT molecular complexity index is 1370. The molecule has 1 fully saturated rings. The van der Waals surface area contributed by atoms with E-state index in [0.717, 1.165) is 24.3 Å². The molecule has 36 heavy (non-hydrogen) atoms. The van der Waals surface area contributed by atoms with E-state index in [9.17, 15) is 50.4 Å². The molecule has 1 aliphatic heterocycles. The number of aliphatic hydroxyl groups excluding tert-OH is 3. The number of carboxylic acid groups (broad SMARTS) is 1. The summed E-state index contributed by atoms with van der Waals surface area (Å²) in [6, 6.07) is 3.84. The minimum atomic E-state index is -2.06. The predicted molar refractivity (Wildman–Crippen MR) is 116 cm³/mol. The van der Waals surface area contributed by atoms with Crippen molar-refractivity contribution in [3.63, 3.8) is 0 Å². The number of carboxylic acids is 1. The lowest BCUT2D eigenvalue weighted by Gasteiger charge is -2.38. The Balaban J connectivity index is 1.94. The molecular formula is C22H20O14. The first kappa shape index (κ1) is 24.9. The van der Waals surface area contributed by atoms with Crippen molar-refractivity contribution in [3.05, 3.63) is 34.5 Å². The largest absolute Gasteiger partial charge is 0.508 e. The van der Waals surface area contributed by atoms with Gasteiger partial charge in [-0.25, -0.2) is 4.79 Å². The molecule has 14 nitrogen and oxygen atoms in total. The summed E-state index contributed by atoms with van der Waals surface area (Å²) >= 11 is 0. The van der Waals surface area contributed by atoms with E-state index in [1.807, 2.05) is 0 Å². The highest BCUT2D eigenvalue weighted by Crippen LogP contribution is 2.43. The van der Waals surface area contributed by atoms with Gasteiger partial charge >= 0.3 is 5.97 Å². The minimum Gasteiger partial charge on any atom is -0.508 e. The van der Waals surface area contributed by atoms with Crippen molar-refractivity contribution < 1.29 is 64.3 Å². The number of aliphatic carboxylic acids is 1. The first-order valence-corrected chi connectivity index (χ1v) is 10.2. The van der Waals surface area contributed by atoms with Crippen molar-refractivity contribution in [2.45, 2.75) is 30.7 Å². The summed E-state index contributed by atoms with van der Waals surface area (Å²) < 4.78 is 21.0. The zero-order valence-electron chi connectivity index (χ0n) is 18.2. The third-order valence-corrected chi connectivity index (χ3v) is 5.48. The lowest BCUT2D eigenvalue weighted by atomic mass is 9.99. The van der Waals surface area contributed by atoms with Crippen LogP contribution in [-0.4, -0.2) is 84.6 Å². The molecule has 8 N–H and O–H groups in total. The Morgan fingerprint density at radius 3 is 2.11 bits per heavy atom. The van der Waals surface area contributed by atoms with E-state index >= 15 is 0 Å². The number of aliphatic hydroxyl groups is 3. The second-order valence-corrected chi connectivity index (χ2v) is 7.83. The second-order valence-electron chi connectivity index (χ2n) is 7.83. The summed E-state index contributed by atoms with van der Waals surface area (Å²) in [5.41, 5.74) is -1.64. The van der Waals surface area contributed by atoms with Crippen molar-refractivity contribution in [1.82, 2.24) is 0 Å². The zero-order valence-corrected chi connectivity index (χ0v) is 18.2. The van der Waals surface area contributed by atoms with Gasteiger partial charge in [-0.05, 0) is 12.1 Å². The van der Waals surface area contributed by atoms with Crippen LogP contribution in [0.1, 0.15) is 0 Å². The van der Waals surface area contributed by atoms with Gasteiger partial charge in [0, 0.05) is 17.7 Å². The fourth-order valence-electron chi connectivity index (χ4n) is 3.77. The number of phenols is 4. The fraction of sp³-hybridized carbons (Fsp3) is 0.273. The molecule has 1 aliphatic rings. The molecule has 0 amide bonds. The van der Waals surface area contributed by atoms with Crippen molar-refractivity contribution >= 4 is 16.9 Å². The molecule has 2 aromatic carbocycles. The average Bonchev–Trinajstić information content (AvgIpc) is 2.79. The molecule has 0 bridgehead atoms. The van der Waals surface area contributed by atoms with Gasteiger partial charge in [0.2, 0.25) is 23.2 Å². The number of phenolic OH excluding ortho intramolecular Hbond substituents is 4. The van der Waals surface area contributed by atoms with Crippen LogP contribution in [-0.2, 0) is 9.53 Å². The number of benzene rings is 2. The van der Waals surface area contributed by atoms with Gasteiger partial charge in [-0.2, -0.15) is 0 Å². The van der Waals surface area contributed by atoms with Crippen molar-refractivity contribution in [1.29, 1.82) is 0 Å². The van der Waals surface area contributed by atoms with Crippen molar-refractivity contribution in [2.24, 2.45) is 0 Å². The number of ether oxygens (including phenoxy) is 3. The summed E-state index contributed by atoms with van der Waals surface area (Å²) in [6.45, 7) is 0. The van der Waals surface area contributed by atoms with Gasteiger partial charge in [0.15, 0.2) is 23.4 Å². The third-order valence-electron chi connectivity index (χ3n) is 5.48. The lowest BCUT2D eigenvalue weighted by Crippen LogP contribution is -2.61. The monoisotopic (exact) mass is 508 g/mol. The standard InChI is InChI=1S/C22H20O14/c1-33-18-9(25)2-6(3-10(18)26)17-19(13(27)12-8(24)4-7(23)5-11(12)34-17)35-22-16(30)14(28)15(29)20(36-22)21(31)32/h2-5,14-16,20,22-26,28-30H,1H3,(H,31,32). The molecule has 0 saturated carbocycles. The molecule has 0 radical (unpaired) electrons. The van der Waals surface area contributed by atoms with E-state index in [2.05, 4.69) is 0 Å². The first-order valence-electron chi connectivity index (χ1n) is 10.2. The molecule has 1 saturated heterocycles. The van der Waals surface area contributed by atoms with Gasteiger partial charge in [-0.3, -0.25) is 4.79 Å². The molecule has 192 valence electrons. The molecule has 14 heteroatoms. The summed E-state index contributed by atoms with van der Waals surface area (Å²) in [5, 5.41) is 79.5. The molecule has 5 unspecified atom stereocenters. The van der Waals surface area contributed by atoms with Crippen LogP contribution in [0.4, 0.5) is 0 Å². The van der Waals surface area contributed by atoms with Gasteiger partial charge < -0.3 is 59.5 Å². The Morgan fingerprint density at radius 2 is 1.53 bits per heavy atom. The molecule has 1 aromatic heterocycles. The van der Waals surface area contributed by atoms with E-state index < -0.39 is 82.0 Å². The summed E-state index contributed by atoms with van der Waals surface area (Å²) in [6.07, 6.45) is -10.2. The number of hydrogen-bond donors (Lipinski definition) is 8. The molecule has 0 aliphatic carbocycles. The predicted octanol–water partition coefficient (Wildman–Crippen LogP) is -0.438. The number of rotatable bonds is 5. The zero-order chi connectivity index (χ0) is 26.5. The summed E-state index contributed by atoms with van der Waals surface area (Å²) in [5.74, 6) is -5.71. The van der Waals surface area contributed by atoms with Crippen LogP contribution in [0.2, 0.25) is 0 Å². The Labute approximate surface area is 200 Å². The molecule has 3 aromatic rings. The Morgan fingerprint density at radius 1 is 0.889 bits per heavy atom. The second kappa shape index (κ2) is 9.09. The quantitative estimate of drug-likeness (QED) is 0.218. The van der Waals surface area contributed by atoms with Crippen LogP contribution in [0.25, 0.3) is 22.3 Å². The molecule has 2 heterocycles. The van der Waals surface area contributed by atoms with Crippen LogP contribution in [0, 0.1) is 0 Å². The summed E-state index contributed by atoms with van der Waals surface area (Å²) in [4.78, 5) is 24.8. The van der Waals surface area contributed by atoms with E-state index in [1.54, 1.807) is 0 Å². The number of hydrogen-bond acceptors (Lipinski definition) is 13. The van der Waals surface area contributed by atoms with Gasteiger partial charge in [-0.15, -0.1) is 0 Å². The normalized spacial score (nSPS) is 23.9. The molecular weight excluding hydrogens is 488 g/mol. The van der Waals surface area contributed by atoms with Gasteiger partial charge in [0.25, 0.3) is 0 Å². The maximum absolute atomic E-state index is 13.3. The lowest BCUT2D eigenvalue weighted by molar-refractivity contribution is -0.271. The van der Waals surface area contributed by atoms with Crippen LogP contribution >= 0.6 is 0 Å². The highest BCUT2D eigenvalue weighted by molar-refractivity contribution is 5.88. The molecule has 4 rings (SSSR count). The van der Waals surface area contributed by atoms with Crippen LogP contribution < -0.4 is 14.9 Å². The maximum Gasteiger partial charge on any atom is 0.335 e. The van der Waals surface area contributed by atoms with Crippen LogP contribution in [0.3, 0.4) is 0 Å². The number of carbonyl (C=O) groups is 1. The molecule has 0 spiro atoms. The third kappa shape index (κ3) is 4.07. The first-order chi connectivity index (χ1) is 16.9. The van der Waals surface area contributed by atoms with Crippen molar-refractivity contribution in [3.8, 4) is 45.8 Å². The van der Waals surface area contributed by atoms with Gasteiger partial charge in [0.1, 0.15) is 40.8 Å². The van der Waals surface area contributed by atoms with Crippen LogP contribution in [0.15, 0.2) is 33.5 Å². The van der Waals surface area contributed by atoms with Gasteiger partial charge in [0.05, 0.1) is 7.11 Å². The number of aromatic hydroxyl groups is 4. The number of fused-ring (bicyclic) bond motifs is 1. The maximum atomic E-state index is 13.3. The van der Waals surface area contributed by atoms with E-state index in [-0.39, 0.29) is 16.9 Å². The average molecular weight is 508 g/mol. The minimum absolute atomic E-state index is 0.191. The highest BCUT2D eigenvalue weighted by Gasteiger charge is 2.48. The smallest absolute Gasteiger partial charge is 0.335 e. The fourth-order valence-corrected chi connectivity index (χ4v) is 3.77. The SMILES string of the molecule is COc1c(O)cc(-c2oc3cc(O)cc(O)c3c(=O)c2OC2OC(C(=O)O)C(O)C(O)C2O)cc1O. The Hall–Kier alpha value is -4.24. The van der Waals surface area contributed by atoms with E-state index in [1.165, 1.54) is 7.11 Å². The highest BCUT2D eigenvalue weighted by atomic mass is 16.7. The Kier molecular flexibility index (Phi) is 6.28. The van der Waals surface area contributed by atoms with Crippen LogP contribution in [0.5, 0.6) is 34.5 Å². The van der Waals surface area contributed by atoms with Crippen molar-refractivity contribution in [2.75, 3.05) is 7.11 Å². The van der Waals surface area contributed by atoms with Gasteiger partial charge in [-0.1, -0.05) is 0 Å². The topological polar surface area (TPSA) is 237 Å². The summed E-state index contributed by atoms with van der Waals surface area (Å²) in [7, 11) is 1.17. The van der Waals surface area contributed by atoms with E-state index in [4.69, 9.17) is 18.6 Å². The number of methoxy groups -OCH3 is 1. The van der Waals surface area contributed by atoms with E-state index in [0.29, 0.717) is 0 Å². The molecule has 5 atom stereocenters.